The highest BCUT2D eigenvalue weighted by Crippen LogP contribution is 2.30. The summed E-state index contributed by atoms with van der Waals surface area (Å²) >= 11 is 0. The lowest BCUT2D eigenvalue weighted by Crippen LogP contribution is -2.46. The van der Waals surface area contributed by atoms with Gasteiger partial charge in [0.2, 0.25) is 0 Å². The zero-order valence-corrected chi connectivity index (χ0v) is 11.3. The molecule has 1 heterocycles. The van der Waals surface area contributed by atoms with Crippen LogP contribution in [0.25, 0.3) is 0 Å². The number of nitro groups is 1. The van der Waals surface area contributed by atoms with Gasteiger partial charge in [-0.1, -0.05) is 0 Å². The van der Waals surface area contributed by atoms with Crippen molar-refractivity contribution in [1.82, 2.24) is 10.3 Å². The van der Waals surface area contributed by atoms with Crippen LogP contribution in [0.15, 0.2) is 6.20 Å². The molecule has 0 aromatic carbocycles. The van der Waals surface area contributed by atoms with Gasteiger partial charge >= 0.3 is 0 Å². The van der Waals surface area contributed by atoms with E-state index in [9.17, 15) is 15.2 Å². The largest absolute Gasteiger partial charge is 0.389 e. The Kier molecular flexibility index (Phi) is 3.82. The minimum absolute atomic E-state index is 0.133. The van der Waals surface area contributed by atoms with Crippen LogP contribution in [0.2, 0.25) is 0 Å². The average molecular weight is 265 g/mol. The van der Waals surface area contributed by atoms with Crippen LogP contribution in [-0.2, 0) is 6.54 Å². The average Bonchev–Trinajstić information content (AvgIpc) is 2.29. The minimum atomic E-state index is -0.593. The van der Waals surface area contributed by atoms with Gasteiger partial charge in [-0.2, -0.15) is 0 Å². The van der Waals surface area contributed by atoms with Crippen LogP contribution >= 0.6 is 0 Å². The molecule has 0 amide bonds. The topological polar surface area (TPSA) is 88.3 Å². The molecule has 0 radical (unpaired) electrons. The minimum Gasteiger partial charge on any atom is -0.389 e. The molecule has 6 nitrogen and oxygen atoms in total. The van der Waals surface area contributed by atoms with Gasteiger partial charge < -0.3 is 10.4 Å². The summed E-state index contributed by atoms with van der Waals surface area (Å²) in [5.74, 6) is 0. The van der Waals surface area contributed by atoms with E-state index in [4.69, 9.17) is 0 Å². The second-order valence-corrected chi connectivity index (χ2v) is 5.30. The Bertz CT molecular complexity index is 498. The first-order valence-electron chi connectivity index (χ1n) is 6.45. The molecule has 1 aromatic rings. The molecule has 1 aliphatic rings. The predicted molar refractivity (Wildman–Crippen MR) is 70.9 cm³/mol. The van der Waals surface area contributed by atoms with E-state index in [0.29, 0.717) is 29.9 Å². The summed E-state index contributed by atoms with van der Waals surface area (Å²) in [4.78, 5) is 14.9. The highest BCUT2D eigenvalue weighted by Gasteiger charge is 2.33. The van der Waals surface area contributed by atoms with Crippen LogP contribution < -0.4 is 5.32 Å². The number of hydrogen-bond donors (Lipinski definition) is 2. The molecular formula is C13H19N3O3. The first-order valence-corrected chi connectivity index (χ1v) is 6.45. The Morgan fingerprint density at radius 3 is 2.74 bits per heavy atom. The number of aliphatic hydroxyl groups is 1. The maximum atomic E-state index is 11.0. The van der Waals surface area contributed by atoms with Gasteiger partial charge in [0, 0.05) is 30.4 Å². The van der Waals surface area contributed by atoms with Gasteiger partial charge in [-0.25, -0.2) is 0 Å². The molecule has 0 aliphatic heterocycles. The van der Waals surface area contributed by atoms with Crippen LogP contribution in [0, 0.1) is 24.0 Å². The SMILES string of the molecule is Cc1cnc(CNCC2(O)CCC2)c(C)c1[N+](=O)[O-]. The van der Waals surface area contributed by atoms with Crippen molar-refractivity contribution in [2.75, 3.05) is 6.54 Å². The maximum Gasteiger partial charge on any atom is 0.278 e. The van der Waals surface area contributed by atoms with Gasteiger partial charge in [-0.05, 0) is 33.1 Å². The lowest BCUT2D eigenvalue weighted by molar-refractivity contribution is -0.386. The fourth-order valence-corrected chi connectivity index (χ4v) is 2.40. The lowest BCUT2D eigenvalue weighted by Gasteiger charge is -2.36. The predicted octanol–water partition coefficient (Wildman–Crippen LogP) is 1.61. The van der Waals surface area contributed by atoms with E-state index in [1.165, 1.54) is 6.20 Å². The summed E-state index contributed by atoms with van der Waals surface area (Å²) in [6.07, 6.45) is 4.23. The molecule has 1 saturated carbocycles. The van der Waals surface area contributed by atoms with E-state index in [0.717, 1.165) is 19.3 Å². The zero-order chi connectivity index (χ0) is 14.0. The molecule has 0 saturated heterocycles. The molecule has 19 heavy (non-hydrogen) atoms. The van der Waals surface area contributed by atoms with E-state index < -0.39 is 5.60 Å². The smallest absolute Gasteiger partial charge is 0.278 e. The third-order valence-electron chi connectivity index (χ3n) is 3.79. The van der Waals surface area contributed by atoms with Crippen molar-refractivity contribution < 1.29 is 10.0 Å². The first kappa shape index (κ1) is 13.9. The van der Waals surface area contributed by atoms with Gasteiger partial charge in [0.1, 0.15) is 0 Å². The molecule has 2 N–H and O–H groups in total. The van der Waals surface area contributed by atoms with E-state index in [2.05, 4.69) is 10.3 Å². The summed E-state index contributed by atoms with van der Waals surface area (Å²) in [6, 6.07) is 0. The van der Waals surface area contributed by atoms with Crippen molar-refractivity contribution in [1.29, 1.82) is 0 Å². The highest BCUT2D eigenvalue weighted by molar-refractivity contribution is 5.47. The summed E-state index contributed by atoms with van der Waals surface area (Å²) in [5.41, 5.74) is 1.38. The van der Waals surface area contributed by atoms with Crippen LogP contribution in [0.4, 0.5) is 5.69 Å². The second kappa shape index (κ2) is 5.22. The summed E-state index contributed by atoms with van der Waals surface area (Å²) in [7, 11) is 0. The van der Waals surface area contributed by atoms with Gasteiger partial charge in [0.25, 0.3) is 5.69 Å². The molecule has 104 valence electrons. The molecular weight excluding hydrogens is 246 g/mol. The molecule has 1 aromatic heterocycles. The Morgan fingerprint density at radius 1 is 1.53 bits per heavy atom. The van der Waals surface area contributed by atoms with E-state index in [1.807, 2.05) is 0 Å². The monoisotopic (exact) mass is 265 g/mol. The van der Waals surface area contributed by atoms with Crippen molar-refractivity contribution in [2.45, 2.75) is 45.3 Å². The number of aromatic nitrogens is 1. The summed E-state index contributed by atoms with van der Waals surface area (Å²) in [6.45, 7) is 4.35. The number of hydrogen-bond acceptors (Lipinski definition) is 5. The molecule has 0 spiro atoms. The molecule has 2 rings (SSSR count). The fraction of sp³-hybridized carbons (Fsp3) is 0.615. The van der Waals surface area contributed by atoms with Gasteiger partial charge in [0.15, 0.2) is 0 Å². The van der Waals surface area contributed by atoms with Crippen LogP contribution in [0.1, 0.15) is 36.1 Å². The van der Waals surface area contributed by atoms with Gasteiger partial charge in [-0.3, -0.25) is 15.1 Å². The molecule has 0 bridgehead atoms. The molecule has 0 atom stereocenters. The Morgan fingerprint density at radius 2 is 2.21 bits per heavy atom. The van der Waals surface area contributed by atoms with Gasteiger partial charge in [0.05, 0.1) is 16.2 Å². The second-order valence-electron chi connectivity index (χ2n) is 5.30. The number of pyridine rings is 1. The fourth-order valence-electron chi connectivity index (χ4n) is 2.40. The third-order valence-corrected chi connectivity index (χ3v) is 3.79. The normalized spacial score (nSPS) is 17.0. The third kappa shape index (κ3) is 2.90. The highest BCUT2D eigenvalue weighted by atomic mass is 16.6. The van der Waals surface area contributed by atoms with E-state index >= 15 is 0 Å². The number of nitrogens with one attached hydrogen (secondary N) is 1. The van der Waals surface area contributed by atoms with Crippen LogP contribution in [0.3, 0.4) is 0 Å². The summed E-state index contributed by atoms with van der Waals surface area (Å²) in [5, 5.41) is 24.1. The van der Waals surface area contributed by atoms with E-state index in [-0.39, 0.29) is 10.6 Å². The molecule has 1 aliphatic carbocycles. The van der Waals surface area contributed by atoms with Gasteiger partial charge in [-0.15, -0.1) is 0 Å². The molecule has 0 unspecified atom stereocenters. The zero-order valence-electron chi connectivity index (χ0n) is 11.3. The van der Waals surface area contributed by atoms with Crippen molar-refractivity contribution in [3.05, 3.63) is 33.1 Å². The quantitative estimate of drug-likeness (QED) is 0.623. The van der Waals surface area contributed by atoms with Crippen molar-refractivity contribution in [3.63, 3.8) is 0 Å². The van der Waals surface area contributed by atoms with Crippen molar-refractivity contribution in [3.8, 4) is 0 Å². The van der Waals surface area contributed by atoms with Crippen molar-refractivity contribution in [2.24, 2.45) is 0 Å². The molecule has 1 fully saturated rings. The van der Waals surface area contributed by atoms with Crippen LogP contribution in [0.5, 0.6) is 0 Å². The Balaban J connectivity index is 2.04. The van der Waals surface area contributed by atoms with Crippen LogP contribution in [-0.4, -0.2) is 27.2 Å². The standard InChI is InChI=1S/C13H19N3O3/c1-9-6-15-11(10(2)12(9)16(18)19)7-14-8-13(17)4-3-5-13/h6,14,17H,3-5,7-8H2,1-2H3. The number of aryl methyl sites for hydroxylation is 1. The number of nitrogens with zero attached hydrogens (tertiary/aromatic N) is 2. The Labute approximate surface area is 112 Å². The lowest BCUT2D eigenvalue weighted by atomic mass is 9.80. The molecule has 6 heteroatoms. The van der Waals surface area contributed by atoms with E-state index in [1.54, 1.807) is 13.8 Å². The maximum absolute atomic E-state index is 11.0. The first-order chi connectivity index (χ1) is 8.93. The number of rotatable bonds is 5. The van der Waals surface area contributed by atoms with Crippen molar-refractivity contribution >= 4 is 5.69 Å². The Hall–Kier alpha value is -1.53. The summed E-state index contributed by atoms with van der Waals surface area (Å²) < 4.78 is 0.